The molecule has 0 bridgehead atoms. The highest BCUT2D eigenvalue weighted by Crippen LogP contribution is 2.26. The maximum Gasteiger partial charge on any atom is 0.410 e. The number of thioether (sulfide) groups is 1. The topological polar surface area (TPSA) is 42.4 Å². The number of rotatable bonds is 3. The van der Waals surface area contributed by atoms with Crippen molar-refractivity contribution in [3.8, 4) is 0 Å². The monoisotopic (exact) mass is 322 g/mol. The molecule has 1 aliphatic heterocycles. The molecule has 1 saturated heterocycles. The fraction of sp³-hybridized carbons (Fsp3) is 0.647. The highest BCUT2D eigenvalue weighted by atomic mass is 32.2. The summed E-state index contributed by atoms with van der Waals surface area (Å²) in [5, 5.41) is 1.02. The minimum absolute atomic E-state index is 0.185. The Bertz CT molecular complexity index is 514. The number of carbonyl (C=O) groups is 1. The van der Waals surface area contributed by atoms with Crippen LogP contribution in [0.25, 0.3) is 0 Å². The van der Waals surface area contributed by atoms with Crippen LogP contribution < -0.4 is 0 Å². The smallest absolute Gasteiger partial charge is 0.410 e. The Hall–Kier alpha value is -1.23. The maximum atomic E-state index is 12.4. The van der Waals surface area contributed by atoms with E-state index < -0.39 is 5.60 Å². The molecule has 2 heterocycles. The van der Waals surface area contributed by atoms with E-state index in [9.17, 15) is 4.79 Å². The van der Waals surface area contributed by atoms with E-state index in [0.29, 0.717) is 0 Å². The van der Waals surface area contributed by atoms with Crippen LogP contribution in [0, 0.1) is 6.92 Å². The summed E-state index contributed by atoms with van der Waals surface area (Å²) >= 11 is 1.72. The van der Waals surface area contributed by atoms with Crippen molar-refractivity contribution in [3.63, 3.8) is 0 Å². The molecule has 0 radical (unpaired) electrons. The van der Waals surface area contributed by atoms with Crippen LogP contribution in [0.4, 0.5) is 4.79 Å². The lowest BCUT2D eigenvalue weighted by atomic mass is 10.0. The molecule has 1 aliphatic rings. The zero-order valence-electron chi connectivity index (χ0n) is 14.0. The molecule has 5 heteroatoms. The van der Waals surface area contributed by atoms with Crippen LogP contribution in [0.2, 0.25) is 0 Å². The van der Waals surface area contributed by atoms with Gasteiger partial charge in [-0.3, -0.25) is 0 Å². The van der Waals surface area contributed by atoms with E-state index >= 15 is 0 Å². The first kappa shape index (κ1) is 17.1. The van der Waals surface area contributed by atoms with Gasteiger partial charge in [-0.05, 0) is 64.7 Å². The van der Waals surface area contributed by atoms with Gasteiger partial charge in [-0.2, -0.15) is 0 Å². The first-order valence-corrected chi connectivity index (χ1v) is 8.89. The van der Waals surface area contributed by atoms with Crippen molar-refractivity contribution in [2.24, 2.45) is 0 Å². The molecule has 0 unspecified atom stereocenters. The van der Waals surface area contributed by atoms with E-state index in [0.717, 1.165) is 30.2 Å². The van der Waals surface area contributed by atoms with E-state index in [1.54, 1.807) is 11.8 Å². The quantitative estimate of drug-likeness (QED) is 0.779. The van der Waals surface area contributed by atoms with Crippen molar-refractivity contribution in [2.75, 3.05) is 12.3 Å². The fourth-order valence-electron chi connectivity index (χ4n) is 2.50. The third kappa shape index (κ3) is 5.20. The van der Waals surface area contributed by atoms with Crippen molar-refractivity contribution >= 4 is 17.9 Å². The first-order chi connectivity index (χ1) is 10.3. The Balaban J connectivity index is 1.96. The molecule has 2 rings (SSSR count). The Morgan fingerprint density at radius 2 is 2.23 bits per heavy atom. The summed E-state index contributed by atoms with van der Waals surface area (Å²) in [7, 11) is 0. The van der Waals surface area contributed by atoms with Gasteiger partial charge in [0.1, 0.15) is 5.60 Å². The van der Waals surface area contributed by atoms with Crippen LogP contribution >= 0.6 is 11.8 Å². The van der Waals surface area contributed by atoms with Crippen LogP contribution in [0.1, 0.15) is 45.6 Å². The zero-order valence-corrected chi connectivity index (χ0v) is 14.8. The van der Waals surface area contributed by atoms with Crippen LogP contribution in [0.15, 0.2) is 23.4 Å². The number of amides is 1. The third-order valence-corrected chi connectivity index (χ3v) is 4.64. The largest absolute Gasteiger partial charge is 0.444 e. The molecule has 0 aromatic carbocycles. The molecule has 4 nitrogen and oxygen atoms in total. The fourth-order valence-corrected chi connectivity index (χ4v) is 3.62. The Kier molecular flexibility index (Phi) is 5.73. The minimum atomic E-state index is -0.440. The van der Waals surface area contributed by atoms with Gasteiger partial charge in [-0.25, -0.2) is 9.78 Å². The summed E-state index contributed by atoms with van der Waals surface area (Å²) < 4.78 is 5.54. The molecule has 0 spiro atoms. The van der Waals surface area contributed by atoms with E-state index in [1.807, 2.05) is 37.9 Å². The van der Waals surface area contributed by atoms with Gasteiger partial charge in [0.25, 0.3) is 0 Å². The lowest BCUT2D eigenvalue weighted by molar-refractivity contribution is 0.0126. The molecule has 1 aromatic heterocycles. The molecule has 1 atom stereocenters. The molecular formula is C17H26N2O2S. The first-order valence-electron chi connectivity index (χ1n) is 7.90. The van der Waals surface area contributed by atoms with Gasteiger partial charge in [0.05, 0.1) is 5.03 Å². The molecule has 0 aliphatic carbocycles. The van der Waals surface area contributed by atoms with E-state index in [4.69, 9.17) is 4.74 Å². The normalized spacial score (nSPS) is 19.1. The van der Waals surface area contributed by atoms with E-state index in [1.165, 1.54) is 12.0 Å². The van der Waals surface area contributed by atoms with Crippen LogP contribution in [-0.2, 0) is 4.74 Å². The SMILES string of the molecule is Cc1ccnc(SC[C@@H]2CCCCN2C(=O)OC(C)(C)C)c1. The molecule has 22 heavy (non-hydrogen) atoms. The number of pyridine rings is 1. The molecule has 1 fully saturated rings. The zero-order chi connectivity index (χ0) is 16.2. The number of nitrogens with zero attached hydrogens (tertiary/aromatic N) is 2. The molecule has 122 valence electrons. The third-order valence-electron chi connectivity index (χ3n) is 3.57. The summed E-state index contributed by atoms with van der Waals surface area (Å²) in [5.74, 6) is 0.871. The molecule has 1 aromatic rings. The number of aryl methyl sites for hydroxylation is 1. The van der Waals surface area contributed by atoms with E-state index in [-0.39, 0.29) is 12.1 Å². The van der Waals surface area contributed by atoms with Gasteiger partial charge in [0.2, 0.25) is 0 Å². The van der Waals surface area contributed by atoms with Crippen LogP contribution in [-0.4, -0.2) is 39.9 Å². The van der Waals surface area contributed by atoms with Gasteiger partial charge < -0.3 is 9.64 Å². The number of ether oxygens (including phenoxy) is 1. The van der Waals surface area contributed by atoms with Crippen LogP contribution in [0.5, 0.6) is 0 Å². The van der Waals surface area contributed by atoms with Crippen LogP contribution in [0.3, 0.4) is 0 Å². The average Bonchev–Trinajstić information content (AvgIpc) is 2.44. The Morgan fingerprint density at radius 3 is 2.91 bits per heavy atom. The highest BCUT2D eigenvalue weighted by molar-refractivity contribution is 7.99. The van der Waals surface area contributed by atoms with Gasteiger partial charge in [-0.15, -0.1) is 11.8 Å². The average molecular weight is 322 g/mol. The van der Waals surface area contributed by atoms with Crippen molar-refractivity contribution < 1.29 is 9.53 Å². The second-order valence-electron chi connectivity index (χ2n) is 6.81. The maximum absolute atomic E-state index is 12.4. The number of hydrogen-bond acceptors (Lipinski definition) is 4. The summed E-state index contributed by atoms with van der Waals surface area (Å²) in [6, 6.07) is 4.32. The van der Waals surface area contributed by atoms with E-state index in [2.05, 4.69) is 18.0 Å². The number of piperidine rings is 1. The van der Waals surface area contributed by atoms with Crippen molar-refractivity contribution in [3.05, 3.63) is 23.9 Å². The standard InChI is InChI=1S/C17H26N2O2S/c1-13-8-9-18-15(11-13)22-12-14-7-5-6-10-19(14)16(20)21-17(2,3)4/h8-9,11,14H,5-7,10,12H2,1-4H3/t14-/m0/s1. The number of aromatic nitrogens is 1. The highest BCUT2D eigenvalue weighted by Gasteiger charge is 2.30. The molecule has 0 N–H and O–H groups in total. The second-order valence-corrected chi connectivity index (χ2v) is 7.85. The summed E-state index contributed by atoms with van der Waals surface area (Å²) in [6.07, 6.45) is 4.92. The molecule has 1 amide bonds. The van der Waals surface area contributed by atoms with Gasteiger partial charge >= 0.3 is 6.09 Å². The molecular weight excluding hydrogens is 296 g/mol. The Morgan fingerprint density at radius 1 is 1.45 bits per heavy atom. The second kappa shape index (κ2) is 7.36. The van der Waals surface area contributed by atoms with Crippen molar-refractivity contribution in [1.29, 1.82) is 0 Å². The van der Waals surface area contributed by atoms with Gasteiger partial charge in [0.15, 0.2) is 0 Å². The predicted octanol–water partition coefficient (Wildman–Crippen LogP) is 4.27. The summed E-state index contributed by atoms with van der Waals surface area (Å²) in [6.45, 7) is 8.60. The summed E-state index contributed by atoms with van der Waals surface area (Å²) in [4.78, 5) is 18.7. The van der Waals surface area contributed by atoms with Crippen molar-refractivity contribution in [1.82, 2.24) is 9.88 Å². The van der Waals surface area contributed by atoms with Gasteiger partial charge in [-0.1, -0.05) is 0 Å². The van der Waals surface area contributed by atoms with Crippen molar-refractivity contribution in [2.45, 2.75) is 63.6 Å². The molecule has 0 saturated carbocycles. The summed E-state index contributed by atoms with van der Waals surface area (Å²) in [5.41, 5.74) is 0.773. The number of likely N-dealkylation sites (tertiary alicyclic amines) is 1. The predicted molar refractivity (Wildman–Crippen MR) is 90.3 cm³/mol. The lowest BCUT2D eigenvalue weighted by Gasteiger charge is -2.36. The minimum Gasteiger partial charge on any atom is -0.444 e. The Labute approximate surface area is 137 Å². The number of carbonyl (C=O) groups excluding carboxylic acids is 1. The number of hydrogen-bond donors (Lipinski definition) is 0. The van der Waals surface area contributed by atoms with Gasteiger partial charge in [0, 0.05) is 24.5 Å². The lowest BCUT2D eigenvalue weighted by Crippen LogP contribution is -2.47.